The SMILES string of the molecule is CC(C)C(NC(=O)CNC(=O)CCOCCN1C(=O)C=CC1=O)C(=O)NCC(=O)P.CCC.CCCNC.NC=O.O=CO. The fourth-order valence-electron chi connectivity index (χ4n) is 2.64. The van der Waals surface area contributed by atoms with E-state index in [1.807, 2.05) is 16.3 Å². The Morgan fingerprint density at radius 1 is 1.00 bits per heavy atom. The van der Waals surface area contributed by atoms with Crippen molar-refractivity contribution in [3.05, 3.63) is 12.2 Å². The quantitative estimate of drug-likeness (QED) is 0.0539. The zero-order chi connectivity index (χ0) is 34.9. The Hall–Kier alpha value is -3.75. The van der Waals surface area contributed by atoms with Gasteiger partial charge in [-0.25, -0.2) is 0 Å². The average Bonchev–Trinajstić information content (AvgIpc) is 3.27. The standard InChI is InChI=1S/C18H27N4O7P.C4H11N.C3H8.CH3NO.CH2O2/c1-11(2)17(18(28)20-10-16(27)30)21-13(24)9-19-12(23)5-7-29-8-6-22-14(25)3-4-15(22)26;1-3-4-5-2;1-3-2;2*2-1-3/h3-4,11,17H,5-10,30H2,1-2H3,(H,19,23)(H,20,28)(H,21,24);5H,3-4H2,1-2H3;3H2,1-2H3;1H,(H2,2,3);1H,(H,2,3). The zero-order valence-corrected chi connectivity index (χ0v) is 27.7. The molecule has 44 heavy (non-hydrogen) atoms. The zero-order valence-electron chi connectivity index (χ0n) is 26.6. The van der Waals surface area contributed by atoms with Crippen molar-refractivity contribution >= 4 is 57.2 Å². The number of carbonyl (C=O) groups is 8. The number of hydrogen-bond acceptors (Lipinski definition) is 10. The Labute approximate surface area is 261 Å². The van der Waals surface area contributed by atoms with Gasteiger partial charge < -0.3 is 36.8 Å². The van der Waals surface area contributed by atoms with E-state index < -0.39 is 35.6 Å². The first-order chi connectivity index (χ1) is 20.8. The van der Waals surface area contributed by atoms with Crippen molar-refractivity contribution in [2.75, 3.05) is 46.4 Å². The van der Waals surface area contributed by atoms with Crippen molar-refractivity contribution in [1.82, 2.24) is 26.2 Å². The van der Waals surface area contributed by atoms with Gasteiger partial charge in [0.1, 0.15) is 6.04 Å². The van der Waals surface area contributed by atoms with Gasteiger partial charge in [0.05, 0.1) is 32.8 Å². The van der Waals surface area contributed by atoms with E-state index in [0.717, 1.165) is 11.4 Å². The Kier molecular flexibility index (Phi) is 36.2. The van der Waals surface area contributed by atoms with Crippen molar-refractivity contribution < 1.29 is 48.2 Å². The number of nitrogens with two attached hydrogens (primary N) is 1. The molecular formula is C27H51N6O10P. The van der Waals surface area contributed by atoms with E-state index in [1.54, 1.807) is 13.8 Å². The summed E-state index contributed by atoms with van der Waals surface area (Å²) < 4.78 is 5.23. The number of ether oxygens (including phenoxy) is 1. The molecule has 0 radical (unpaired) electrons. The molecule has 0 aromatic heterocycles. The van der Waals surface area contributed by atoms with Crippen LogP contribution in [0.5, 0.6) is 0 Å². The molecule has 1 heterocycles. The van der Waals surface area contributed by atoms with Crippen LogP contribution in [0.1, 0.15) is 53.9 Å². The van der Waals surface area contributed by atoms with Crippen LogP contribution in [0.15, 0.2) is 12.2 Å². The van der Waals surface area contributed by atoms with E-state index in [0.29, 0.717) is 0 Å². The molecule has 17 heteroatoms. The van der Waals surface area contributed by atoms with Crippen molar-refractivity contribution in [2.45, 2.75) is 59.9 Å². The van der Waals surface area contributed by atoms with Gasteiger partial charge in [0.15, 0.2) is 5.52 Å². The Bertz CT molecular complexity index is 861. The second-order valence-electron chi connectivity index (χ2n) is 8.83. The number of primary amides is 1. The largest absolute Gasteiger partial charge is 0.483 e. The summed E-state index contributed by atoms with van der Waals surface area (Å²) >= 11 is 0. The molecule has 254 valence electrons. The van der Waals surface area contributed by atoms with E-state index in [1.165, 1.54) is 25.0 Å². The molecule has 1 rings (SSSR count). The number of carbonyl (C=O) groups excluding carboxylic acids is 7. The number of hydrogen-bond donors (Lipinski definition) is 6. The lowest BCUT2D eigenvalue weighted by molar-refractivity contribution is -0.138. The van der Waals surface area contributed by atoms with Gasteiger partial charge in [-0.15, -0.1) is 0 Å². The van der Waals surface area contributed by atoms with Gasteiger partial charge in [-0.2, -0.15) is 0 Å². The van der Waals surface area contributed by atoms with Gasteiger partial charge in [-0.1, -0.05) is 50.3 Å². The summed E-state index contributed by atoms with van der Waals surface area (Å²) in [5.41, 5.74) is 3.88. The number of nitrogens with zero attached hydrogens (tertiary/aromatic N) is 1. The van der Waals surface area contributed by atoms with Gasteiger partial charge in [-0.05, 0) is 25.9 Å². The highest BCUT2D eigenvalue weighted by atomic mass is 31.0. The summed E-state index contributed by atoms with van der Waals surface area (Å²) in [6, 6.07) is -0.840. The number of carboxylic acid groups (broad SMARTS) is 1. The first-order valence-corrected chi connectivity index (χ1v) is 14.5. The number of nitrogens with one attached hydrogen (secondary N) is 4. The van der Waals surface area contributed by atoms with Gasteiger partial charge >= 0.3 is 0 Å². The molecule has 2 atom stereocenters. The summed E-state index contributed by atoms with van der Waals surface area (Å²) in [7, 11) is 3.91. The van der Waals surface area contributed by atoms with Gasteiger partial charge in [-0.3, -0.25) is 43.3 Å². The summed E-state index contributed by atoms with van der Waals surface area (Å²) in [5, 5.41) is 17.3. The monoisotopic (exact) mass is 650 g/mol. The maximum atomic E-state index is 12.1. The van der Waals surface area contributed by atoms with Crippen molar-refractivity contribution in [3.8, 4) is 0 Å². The summed E-state index contributed by atoms with van der Waals surface area (Å²) in [6.07, 6.45) is 5.07. The van der Waals surface area contributed by atoms with Crippen LogP contribution in [-0.4, -0.2) is 110 Å². The van der Waals surface area contributed by atoms with Gasteiger partial charge in [0.25, 0.3) is 18.3 Å². The van der Waals surface area contributed by atoms with Crippen LogP contribution >= 0.6 is 9.24 Å². The predicted octanol–water partition coefficient (Wildman–Crippen LogP) is -1.07. The van der Waals surface area contributed by atoms with E-state index in [2.05, 4.69) is 47.8 Å². The molecule has 0 saturated heterocycles. The van der Waals surface area contributed by atoms with Crippen LogP contribution in [0.3, 0.4) is 0 Å². The highest BCUT2D eigenvalue weighted by Gasteiger charge is 2.24. The van der Waals surface area contributed by atoms with E-state index >= 15 is 0 Å². The van der Waals surface area contributed by atoms with Crippen LogP contribution in [0.25, 0.3) is 0 Å². The smallest absolute Gasteiger partial charge is 0.290 e. The Balaban J connectivity index is -0.000000478. The highest BCUT2D eigenvalue weighted by Crippen LogP contribution is 2.03. The lowest BCUT2D eigenvalue weighted by atomic mass is 10.0. The second-order valence-corrected chi connectivity index (χ2v) is 9.47. The molecule has 2 unspecified atom stereocenters. The third-order valence-corrected chi connectivity index (χ3v) is 4.69. The average molecular weight is 651 g/mol. The van der Waals surface area contributed by atoms with Crippen molar-refractivity contribution in [3.63, 3.8) is 0 Å². The van der Waals surface area contributed by atoms with Crippen LogP contribution in [-0.2, 0) is 43.1 Å². The number of rotatable bonds is 15. The Morgan fingerprint density at radius 2 is 1.50 bits per heavy atom. The third kappa shape index (κ3) is 31.2. The molecule has 0 aromatic rings. The molecule has 7 N–H and O–H groups in total. The van der Waals surface area contributed by atoms with Gasteiger partial charge in [0, 0.05) is 18.6 Å². The lowest BCUT2D eigenvalue weighted by Gasteiger charge is -2.21. The van der Waals surface area contributed by atoms with E-state index in [4.69, 9.17) is 19.4 Å². The molecule has 1 aliphatic rings. The molecule has 1 aliphatic heterocycles. The first-order valence-electron chi connectivity index (χ1n) is 13.9. The number of imide groups is 1. The molecular weight excluding hydrogens is 599 g/mol. The molecule has 0 saturated carbocycles. The summed E-state index contributed by atoms with van der Waals surface area (Å²) in [5.74, 6) is -2.49. The van der Waals surface area contributed by atoms with E-state index in [9.17, 15) is 28.8 Å². The molecule has 0 aliphatic carbocycles. The second kappa shape index (κ2) is 33.7. The maximum Gasteiger partial charge on any atom is 0.290 e. The van der Waals surface area contributed by atoms with Gasteiger partial charge in [0.2, 0.25) is 24.1 Å². The van der Waals surface area contributed by atoms with Crippen LogP contribution in [0, 0.1) is 5.92 Å². The lowest BCUT2D eigenvalue weighted by Crippen LogP contribution is -2.52. The molecule has 0 fully saturated rings. The summed E-state index contributed by atoms with van der Waals surface area (Å²) in [6.45, 7) is 10.5. The molecule has 6 amide bonds. The molecule has 16 nitrogen and oxygen atoms in total. The molecule has 0 aromatic carbocycles. The minimum absolute atomic E-state index is 0.0161. The molecule has 0 bridgehead atoms. The summed E-state index contributed by atoms with van der Waals surface area (Å²) in [4.78, 5) is 87.5. The van der Waals surface area contributed by atoms with Crippen LogP contribution in [0.4, 0.5) is 0 Å². The predicted molar refractivity (Wildman–Crippen MR) is 168 cm³/mol. The molecule has 0 spiro atoms. The van der Waals surface area contributed by atoms with Crippen molar-refractivity contribution in [1.29, 1.82) is 0 Å². The normalized spacial score (nSPS) is 11.5. The topological polar surface area (TPSA) is 243 Å². The Morgan fingerprint density at radius 3 is 1.89 bits per heavy atom. The maximum absolute atomic E-state index is 12.1. The fraction of sp³-hybridized carbons (Fsp3) is 0.630. The highest BCUT2D eigenvalue weighted by molar-refractivity contribution is 7.40. The fourth-order valence-corrected chi connectivity index (χ4v) is 2.74. The minimum Gasteiger partial charge on any atom is -0.483 e. The first kappa shape index (κ1) is 47.2. The third-order valence-electron chi connectivity index (χ3n) is 4.48. The van der Waals surface area contributed by atoms with Crippen molar-refractivity contribution in [2.24, 2.45) is 11.7 Å². The van der Waals surface area contributed by atoms with Crippen LogP contribution < -0.4 is 27.0 Å². The minimum atomic E-state index is -0.840. The van der Waals surface area contributed by atoms with Crippen LogP contribution in [0.2, 0.25) is 0 Å². The van der Waals surface area contributed by atoms with E-state index in [-0.39, 0.29) is 63.6 Å². The number of amides is 6.